The first kappa shape index (κ1) is 17.7. The molecule has 0 aliphatic carbocycles. The standard InChI is InChI=1S/C14H29N5O2/c1-4-21-12-6-17-14(15-3)16-5-7-18-8-10-19(11-9-18)13(2)20/h4-12H2,1-3H3,(H2,15,16,17). The van der Waals surface area contributed by atoms with Crippen molar-refractivity contribution in [2.45, 2.75) is 13.8 Å². The Bertz CT molecular complexity index is 327. The molecule has 122 valence electrons. The first-order valence-electron chi connectivity index (χ1n) is 7.67. The van der Waals surface area contributed by atoms with Gasteiger partial charge in [0.1, 0.15) is 0 Å². The number of rotatable bonds is 7. The molecule has 1 fully saturated rings. The first-order valence-corrected chi connectivity index (χ1v) is 7.67. The Balaban J connectivity index is 2.11. The van der Waals surface area contributed by atoms with Gasteiger partial charge in [0.15, 0.2) is 5.96 Å². The minimum atomic E-state index is 0.173. The normalized spacial score (nSPS) is 16.9. The van der Waals surface area contributed by atoms with E-state index in [1.54, 1.807) is 14.0 Å². The lowest BCUT2D eigenvalue weighted by molar-refractivity contribution is -0.130. The molecule has 1 aliphatic heterocycles. The summed E-state index contributed by atoms with van der Waals surface area (Å²) in [4.78, 5) is 19.7. The Hall–Kier alpha value is -1.34. The third kappa shape index (κ3) is 7.29. The molecule has 1 amide bonds. The van der Waals surface area contributed by atoms with E-state index in [0.717, 1.165) is 58.4 Å². The minimum Gasteiger partial charge on any atom is -0.380 e. The predicted octanol–water partition coefficient (Wildman–Crippen LogP) is -0.648. The number of nitrogens with zero attached hydrogens (tertiary/aromatic N) is 3. The fourth-order valence-electron chi connectivity index (χ4n) is 2.23. The SMILES string of the molecule is CCOCCNC(=NC)NCCN1CCN(C(C)=O)CC1. The average Bonchev–Trinajstić information content (AvgIpc) is 2.50. The van der Waals surface area contributed by atoms with Gasteiger partial charge in [-0.2, -0.15) is 0 Å². The van der Waals surface area contributed by atoms with Crippen LogP contribution >= 0.6 is 0 Å². The van der Waals surface area contributed by atoms with Crippen LogP contribution < -0.4 is 10.6 Å². The van der Waals surface area contributed by atoms with E-state index in [1.807, 2.05) is 11.8 Å². The largest absolute Gasteiger partial charge is 0.380 e. The molecule has 7 heteroatoms. The predicted molar refractivity (Wildman–Crippen MR) is 84.6 cm³/mol. The number of aliphatic imine (C=N–C) groups is 1. The molecule has 0 bridgehead atoms. The van der Waals surface area contributed by atoms with Crippen LogP contribution in [0, 0.1) is 0 Å². The zero-order valence-electron chi connectivity index (χ0n) is 13.5. The summed E-state index contributed by atoms with van der Waals surface area (Å²) in [7, 11) is 1.77. The lowest BCUT2D eigenvalue weighted by Gasteiger charge is -2.34. The molecule has 0 saturated carbocycles. The van der Waals surface area contributed by atoms with Crippen molar-refractivity contribution >= 4 is 11.9 Å². The fourth-order valence-corrected chi connectivity index (χ4v) is 2.23. The van der Waals surface area contributed by atoms with Crippen LogP contribution in [-0.4, -0.2) is 87.7 Å². The summed E-state index contributed by atoms with van der Waals surface area (Å²) < 4.78 is 5.27. The summed E-state index contributed by atoms with van der Waals surface area (Å²) in [5, 5.41) is 6.50. The molecule has 21 heavy (non-hydrogen) atoms. The monoisotopic (exact) mass is 299 g/mol. The third-order valence-corrected chi connectivity index (χ3v) is 3.50. The number of carbonyl (C=O) groups excluding carboxylic acids is 1. The van der Waals surface area contributed by atoms with Crippen molar-refractivity contribution in [3.05, 3.63) is 0 Å². The van der Waals surface area contributed by atoms with Crippen molar-refractivity contribution < 1.29 is 9.53 Å². The lowest BCUT2D eigenvalue weighted by atomic mass is 10.3. The second-order valence-corrected chi connectivity index (χ2v) is 4.97. The third-order valence-electron chi connectivity index (χ3n) is 3.50. The molecule has 0 aromatic heterocycles. The van der Waals surface area contributed by atoms with Gasteiger partial charge >= 0.3 is 0 Å². The molecular formula is C14H29N5O2. The van der Waals surface area contributed by atoms with Crippen LogP contribution in [0.4, 0.5) is 0 Å². The number of carbonyl (C=O) groups is 1. The maximum atomic E-state index is 11.3. The molecule has 0 atom stereocenters. The maximum Gasteiger partial charge on any atom is 0.219 e. The number of ether oxygens (including phenoxy) is 1. The van der Waals surface area contributed by atoms with Crippen LogP contribution in [0.5, 0.6) is 0 Å². The number of hydrogen-bond donors (Lipinski definition) is 2. The van der Waals surface area contributed by atoms with Crippen LogP contribution in [0.3, 0.4) is 0 Å². The molecule has 1 saturated heterocycles. The average molecular weight is 299 g/mol. The van der Waals surface area contributed by atoms with Gasteiger partial charge in [-0.3, -0.25) is 14.7 Å². The van der Waals surface area contributed by atoms with E-state index in [2.05, 4.69) is 20.5 Å². The van der Waals surface area contributed by atoms with Gasteiger partial charge in [0, 0.05) is 66.4 Å². The molecular weight excluding hydrogens is 270 g/mol. The van der Waals surface area contributed by atoms with Crippen LogP contribution in [0.15, 0.2) is 4.99 Å². The van der Waals surface area contributed by atoms with Crippen LogP contribution in [0.2, 0.25) is 0 Å². The van der Waals surface area contributed by atoms with E-state index in [1.165, 1.54) is 0 Å². The van der Waals surface area contributed by atoms with Gasteiger partial charge in [0.2, 0.25) is 5.91 Å². The summed E-state index contributed by atoms with van der Waals surface area (Å²) in [5.74, 6) is 0.976. The minimum absolute atomic E-state index is 0.173. The Labute approximate surface area is 127 Å². The number of piperazine rings is 1. The highest BCUT2D eigenvalue weighted by Gasteiger charge is 2.17. The van der Waals surface area contributed by atoms with Gasteiger partial charge in [-0.1, -0.05) is 0 Å². The molecule has 7 nitrogen and oxygen atoms in total. The smallest absolute Gasteiger partial charge is 0.219 e. The first-order chi connectivity index (χ1) is 10.2. The number of guanidine groups is 1. The Morgan fingerprint density at radius 2 is 1.86 bits per heavy atom. The summed E-state index contributed by atoms with van der Waals surface area (Å²) in [6, 6.07) is 0. The highest BCUT2D eigenvalue weighted by molar-refractivity contribution is 5.79. The van der Waals surface area contributed by atoms with E-state index in [9.17, 15) is 4.79 Å². The molecule has 0 aromatic carbocycles. The molecule has 1 aliphatic rings. The van der Waals surface area contributed by atoms with Crippen molar-refractivity contribution in [1.29, 1.82) is 0 Å². The molecule has 0 spiro atoms. The van der Waals surface area contributed by atoms with E-state index >= 15 is 0 Å². The molecule has 1 heterocycles. The van der Waals surface area contributed by atoms with Gasteiger partial charge in [0.05, 0.1) is 6.61 Å². The van der Waals surface area contributed by atoms with E-state index in [0.29, 0.717) is 6.61 Å². The number of amides is 1. The zero-order valence-corrected chi connectivity index (χ0v) is 13.5. The molecule has 0 aromatic rings. The van der Waals surface area contributed by atoms with Crippen LogP contribution in [0.25, 0.3) is 0 Å². The Morgan fingerprint density at radius 1 is 1.19 bits per heavy atom. The zero-order chi connectivity index (χ0) is 15.5. The fraction of sp³-hybridized carbons (Fsp3) is 0.857. The van der Waals surface area contributed by atoms with Gasteiger partial charge < -0.3 is 20.3 Å². The number of nitrogens with one attached hydrogen (secondary N) is 2. The Kier molecular flexibility index (Phi) is 8.77. The second-order valence-electron chi connectivity index (χ2n) is 4.97. The van der Waals surface area contributed by atoms with Gasteiger partial charge in [0.25, 0.3) is 0 Å². The molecule has 0 radical (unpaired) electrons. The summed E-state index contributed by atoms with van der Waals surface area (Å²) >= 11 is 0. The lowest BCUT2D eigenvalue weighted by Crippen LogP contribution is -2.50. The molecule has 1 rings (SSSR count). The van der Waals surface area contributed by atoms with E-state index < -0.39 is 0 Å². The molecule has 0 unspecified atom stereocenters. The highest BCUT2D eigenvalue weighted by Crippen LogP contribution is 2.00. The quantitative estimate of drug-likeness (QED) is 0.371. The van der Waals surface area contributed by atoms with Crippen molar-refractivity contribution in [1.82, 2.24) is 20.4 Å². The topological polar surface area (TPSA) is 69.2 Å². The van der Waals surface area contributed by atoms with Gasteiger partial charge in [-0.25, -0.2) is 0 Å². The van der Waals surface area contributed by atoms with Crippen molar-refractivity contribution in [3.8, 4) is 0 Å². The maximum absolute atomic E-state index is 11.3. The van der Waals surface area contributed by atoms with Crippen molar-refractivity contribution in [3.63, 3.8) is 0 Å². The van der Waals surface area contributed by atoms with E-state index in [-0.39, 0.29) is 5.91 Å². The van der Waals surface area contributed by atoms with Gasteiger partial charge in [-0.05, 0) is 6.92 Å². The van der Waals surface area contributed by atoms with Gasteiger partial charge in [-0.15, -0.1) is 0 Å². The van der Waals surface area contributed by atoms with E-state index in [4.69, 9.17) is 4.74 Å². The summed E-state index contributed by atoms with van der Waals surface area (Å²) in [6.07, 6.45) is 0. The van der Waals surface area contributed by atoms with Crippen molar-refractivity contribution in [2.24, 2.45) is 4.99 Å². The summed E-state index contributed by atoms with van der Waals surface area (Å²) in [5.41, 5.74) is 0. The van der Waals surface area contributed by atoms with Crippen molar-refractivity contribution in [2.75, 3.05) is 66.1 Å². The number of hydrogen-bond acceptors (Lipinski definition) is 4. The second kappa shape index (κ2) is 10.4. The highest BCUT2D eigenvalue weighted by atomic mass is 16.5. The van der Waals surface area contributed by atoms with Crippen LogP contribution in [-0.2, 0) is 9.53 Å². The molecule has 2 N–H and O–H groups in total. The Morgan fingerprint density at radius 3 is 2.43 bits per heavy atom. The van der Waals surface area contributed by atoms with Crippen LogP contribution in [0.1, 0.15) is 13.8 Å². The summed E-state index contributed by atoms with van der Waals surface area (Å²) in [6.45, 7) is 11.1.